The van der Waals surface area contributed by atoms with E-state index in [-0.39, 0.29) is 5.41 Å². The number of aromatic nitrogens is 2. The van der Waals surface area contributed by atoms with Gasteiger partial charge in [0.1, 0.15) is 12.1 Å². The van der Waals surface area contributed by atoms with Gasteiger partial charge >= 0.3 is 0 Å². The fraction of sp³-hybridized carbons (Fsp3) is 0.323. The van der Waals surface area contributed by atoms with E-state index in [0.717, 1.165) is 61.0 Å². The van der Waals surface area contributed by atoms with Crippen LogP contribution in [-0.4, -0.2) is 28.8 Å². The highest BCUT2D eigenvalue weighted by atomic mass is 35.5. The Hall–Kier alpha value is -3.24. The van der Waals surface area contributed by atoms with Crippen LogP contribution in [0, 0.1) is 12.3 Å². The molecule has 0 amide bonds. The lowest BCUT2D eigenvalue weighted by molar-refractivity contribution is 0.351. The van der Waals surface area contributed by atoms with Crippen LogP contribution in [0.1, 0.15) is 61.1 Å². The van der Waals surface area contributed by atoms with Gasteiger partial charge in [0.25, 0.3) is 0 Å². The summed E-state index contributed by atoms with van der Waals surface area (Å²) in [5.74, 6) is 1.08. The topological polar surface area (TPSA) is 41.4 Å². The van der Waals surface area contributed by atoms with Crippen LogP contribution in [0.5, 0.6) is 0 Å². The van der Waals surface area contributed by atoms with E-state index in [1.165, 1.54) is 39.1 Å². The first-order valence-electron chi connectivity index (χ1n) is 12.8. The van der Waals surface area contributed by atoms with E-state index in [1.807, 2.05) is 12.1 Å². The highest BCUT2D eigenvalue weighted by Gasteiger charge is 2.38. The van der Waals surface area contributed by atoms with Crippen molar-refractivity contribution in [1.29, 1.82) is 0 Å². The van der Waals surface area contributed by atoms with Crippen LogP contribution in [0.15, 0.2) is 65.5 Å². The Labute approximate surface area is 218 Å². The molecule has 0 atom stereocenters. The monoisotopic (exact) mass is 494 g/mol. The van der Waals surface area contributed by atoms with Gasteiger partial charge in [-0.15, -0.1) is 0 Å². The Balaban J connectivity index is 1.18. The van der Waals surface area contributed by atoms with Crippen molar-refractivity contribution in [1.82, 2.24) is 9.97 Å². The number of piperidine rings is 1. The fourth-order valence-corrected chi connectivity index (χ4v) is 5.86. The Morgan fingerprint density at radius 1 is 0.861 bits per heavy atom. The van der Waals surface area contributed by atoms with Gasteiger partial charge in [0, 0.05) is 53.3 Å². The molecule has 4 nitrogen and oxygen atoms in total. The number of nitrogens with zero attached hydrogens (tertiary/aromatic N) is 4. The zero-order valence-corrected chi connectivity index (χ0v) is 21.9. The number of anilines is 1. The van der Waals surface area contributed by atoms with Crippen LogP contribution in [0.2, 0.25) is 5.02 Å². The third-order valence-corrected chi connectivity index (χ3v) is 8.44. The van der Waals surface area contributed by atoms with Gasteiger partial charge in [-0.2, -0.15) is 0 Å². The second-order valence-electron chi connectivity index (χ2n) is 10.6. The van der Waals surface area contributed by atoms with Crippen molar-refractivity contribution in [2.75, 3.05) is 18.0 Å². The lowest BCUT2D eigenvalue weighted by Crippen LogP contribution is -2.43. The molecule has 3 heterocycles. The zero-order chi connectivity index (χ0) is 24.9. The second kappa shape index (κ2) is 9.01. The standard InChI is InChI=1S/C31H31ClN4/c1-20-4-6-22(7-5-20)24-16-27-28(17-24)33-19-34-30(27)36-14-12-31(3,13-15-36)29-18-26(21(2)35-29)23-8-10-25(32)11-9-23/h4-11,16,19H,12-15,17-18H2,1-3H3. The van der Waals surface area contributed by atoms with Crippen LogP contribution >= 0.6 is 11.6 Å². The molecular formula is C31H31ClN4. The molecular weight excluding hydrogens is 464 g/mol. The Kier molecular flexibility index (Phi) is 5.80. The smallest absolute Gasteiger partial charge is 0.139 e. The maximum Gasteiger partial charge on any atom is 0.139 e. The molecule has 1 aliphatic carbocycles. The molecule has 1 fully saturated rings. The van der Waals surface area contributed by atoms with Crippen LogP contribution in [0.4, 0.5) is 5.82 Å². The molecule has 6 rings (SSSR count). The van der Waals surface area contributed by atoms with Gasteiger partial charge in [0.15, 0.2) is 0 Å². The van der Waals surface area contributed by atoms with Crippen LogP contribution in [-0.2, 0) is 6.42 Å². The number of allylic oxidation sites excluding steroid dienone is 3. The second-order valence-corrected chi connectivity index (χ2v) is 11.1. The molecule has 0 bridgehead atoms. The molecule has 0 spiro atoms. The van der Waals surface area contributed by atoms with E-state index in [0.29, 0.717) is 0 Å². The van der Waals surface area contributed by atoms with Gasteiger partial charge in [-0.3, -0.25) is 4.99 Å². The van der Waals surface area contributed by atoms with Gasteiger partial charge < -0.3 is 4.90 Å². The number of aliphatic imine (C=N–C) groups is 1. The van der Waals surface area contributed by atoms with Gasteiger partial charge in [0.05, 0.1) is 5.69 Å². The van der Waals surface area contributed by atoms with E-state index in [9.17, 15) is 0 Å². The largest absolute Gasteiger partial charge is 0.356 e. The van der Waals surface area contributed by atoms with Crippen molar-refractivity contribution in [2.24, 2.45) is 10.4 Å². The molecule has 1 saturated heterocycles. The minimum Gasteiger partial charge on any atom is -0.356 e. The van der Waals surface area contributed by atoms with Crippen molar-refractivity contribution in [3.63, 3.8) is 0 Å². The first-order chi connectivity index (χ1) is 17.4. The molecule has 2 aliphatic heterocycles. The van der Waals surface area contributed by atoms with Crippen molar-refractivity contribution in [2.45, 2.75) is 46.5 Å². The molecule has 0 unspecified atom stereocenters. The third-order valence-electron chi connectivity index (χ3n) is 8.18. The van der Waals surface area contributed by atoms with Gasteiger partial charge in [-0.1, -0.05) is 60.5 Å². The van der Waals surface area contributed by atoms with Crippen molar-refractivity contribution in [3.05, 3.63) is 93.5 Å². The summed E-state index contributed by atoms with van der Waals surface area (Å²) in [7, 11) is 0. The molecule has 3 aliphatic rings. The maximum absolute atomic E-state index is 6.11. The summed E-state index contributed by atoms with van der Waals surface area (Å²) in [6.07, 6.45) is 7.97. The summed E-state index contributed by atoms with van der Waals surface area (Å²) < 4.78 is 0. The van der Waals surface area contributed by atoms with E-state index in [2.05, 4.69) is 73.1 Å². The number of aryl methyl sites for hydroxylation is 1. The summed E-state index contributed by atoms with van der Waals surface area (Å²) in [5.41, 5.74) is 11.3. The fourth-order valence-electron chi connectivity index (χ4n) is 5.74. The van der Waals surface area contributed by atoms with Crippen molar-refractivity contribution >= 4 is 40.4 Å². The zero-order valence-electron chi connectivity index (χ0n) is 21.2. The third kappa shape index (κ3) is 4.18. The summed E-state index contributed by atoms with van der Waals surface area (Å²) >= 11 is 6.11. The van der Waals surface area contributed by atoms with Crippen molar-refractivity contribution in [3.8, 4) is 0 Å². The Morgan fingerprint density at radius 2 is 1.56 bits per heavy atom. The van der Waals surface area contributed by atoms with Crippen molar-refractivity contribution < 1.29 is 0 Å². The molecule has 182 valence electrons. The number of hydrogen-bond donors (Lipinski definition) is 0. The summed E-state index contributed by atoms with van der Waals surface area (Å²) in [6.45, 7) is 8.60. The number of benzene rings is 2. The summed E-state index contributed by atoms with van der Waals surface area (Å²) in [4.78, 5) is 16.9. The first kappa shape index (κ1) is 23.2. The SMILES string of the molecule is CC1=C(c2ccc(Cl)cc2)CC(C2(C)CCN(c3ncnc4c3C=C(c3ccc(C)cc3)C4)CC2)=N1. The van der Waals surface area contributed by atoms with Crippen LogP contribution in [0.3, 0.4) is 0 Å². The lowest BCUT2D eigenvalue weighted by atomic mass is 9.74. The van der Waals surface area contributed by atoms with E-state index in [1.54, 1.807) is 6.33 Å². The molecule has 0 radical (unpaired) electrons. The van der Waals surface area contributed by atoms with Crippen LogP contribution in [0.25, 0.3) is 17.2 Å². The average molecular weight is 495 g/mol. The number of fused-ring (bicyclic) bond motifs is 1. The Morgan fingerprint density at radius 3 is 2.28 bits per heavy atom. The molecule has 0 N–H and O–H groups in total. The number of halogens is 1. The van der Waals surface area contributed by atoms with E-state index in [4.69, 9.17) is 21.6 Å². The van der Waals surface area contributed by atoms with Gasteiger partial charge in [-0.05, 0) is 67.2 Å². The molecule has 2 aromatic carbocycles. The lowest BCUT2D eigenvalue weighted by Gasteiger charge is -2.40. The molecule has 1 aromatic heterocycles. The van der Waals surface area contributed by atoms with Gasteiger partial charge in [0.2, 0.25) is 0 Å². The molecule has 36 heavy (non-hydrogen) atoms. The normalized spacial score (nSPS) is 18.8. The maximum atomic E-state index is 6.11. The molecule has 3 aromatic rings. The molecule has 5 heteroatoms. The Bertz CT molecular complexity index is 1410. The van der Waals surface area contributed by atoms with E-state index < -0.39 is 0 Å². The highest BCUT2D eigenvalue weighted by molar-refractivity contribution is 6.30. The average Bonchev–Trinajstić information content (AvgIpc) is 3.50. The van der Waals surface area contributed by atoms with E-state index >= 15 is 0 Å². The number of rotatable bonds is 4. The predicted octanol–water partition coefficient (Wildman–Crippen LogP) is 7.42. The summed E-state index contributed by atoms with van der Waals surface area (Å²) in [5, 5.41) is 0.771. The van der Waals surface area contributed by atoms with Crippen LogP contribution < -0.4 is 4.90 Å². The molecule has 0 saturated carbocycles. The predicted molar refractivity (Wildman–Crippen MR) is 150 cm³/mol. The minimum absolute atomic E-state index is 0.102. The highest BCUT2D eigenvalue weighted by Crippen LogP contribution is 2.43. The summed E-state index contributed by atoms with van der Waals surface area (Å²) in [6, 6.07) is 16.9. The first-order valence-corrected chi connectivity index (χ1v) is 13.2. The quantitative estimate of drug-likeness (QED) is 0.379. The minimum atomic E-state index is 0.102. The van der Waals surface area contributed by atoms with Gasteiger partial charge in [-0.25, -0.2) is 9.97 Å². The number of hydrogen-bond acceptors (Lipinski definition) is 4.